The molecule has 1 aromatic rings. The van der Waals surface area contributed by atoms with Crippen LogP contribution in [0.5, 0.6) is 0 Å². The van der Waals surface area contributed by atoms with E-state index < -0.39 is 0 Å². The van der Waals surface area contributed by atoms with Crippen LogP contribution in [0.3, 0.4) is 0 Å². The summed E-state index contributed by atoms with van der Waals surface area (Å²) in [7, 11) is 0. The number of nitrogens with zero attached hydrogens (tertiary/aromatic N) is 1. The van der Waals surface area contributed by atoms with Crippen molar-refractivity contribution in [1.29, 1.82) is 0 Å². The predicted molar refractivity (Wildman–Crippen MR) is 54.0 cm³/mol. The van der Waals surface area contributed by atoms with Crippen LogP contribution in [0, 0.1) is 5.92 Å². The van der Waals surface area contributed by atoms with E-state index in [0.717, 1.165) is 6.42 Å². The molecule has 0 aliphatic heterocycles. The highest BCUT2D eigenvalue weighted by Crippen LogP contribution is 2.02. The molecule has 0 spiro atoms. The summed E-state index contributed by atoms with van der Waals surface area (Å²) in [5.74, 6) is 0.206. The second kappa shape index (κ2) is 5.37. The highest BCUT2D eigenvalue weighted by Gasteiger charge is 2.07. The van der Waals surface area contributed by atoms with E-state index in [2.05, 4.69) is 18.8 Å². The van der Waals surface area contributed by atoms with E-state index >= 15 is 0 Å². The molecule has 0 fully saturated rings. The molecule has 0 saturated heterocycles. The smallest absolute Gasteiger partial charge is 0.356 e. The number of esters is 1. The molecular formula is C11H15NO2. The van der Waals surface area contributed by atoms with Crippen molar-refractivity contribution >= 4 is 5.97 Å². The van der Waals surface area contributed by atoms with Crippen molar-refractivity contribution in [3.63, 3.8) is 0 Å². The first kappa shape index (κ1) is 10.7. The minimum absolute atomic E-state index is 0.341. The molecule has 1 aromatic heterocycles. The lowest BCUT2D eigenvalue weighted by molar-refractivity contribution is 0.0481. The van der Waals surface area contributed by atoms with Gasteiger partial charge in [-0.1, -0.05) is 19.9 Å². The Bertz CT molecular complexity index is 283. The number of rotatable bonds is 4. The van der Waals surface area contributed by atoms with Crippen molar-refractivity contribution in [3.05, 3.63) is 30.1 Å². The van der Waals surface area contributed by atoms with E-state index in [9.17, 15) is 4.79 Å². The Morgan fingerprint density at radius 2 is 2.29 bits per heavy atom. The molecule has 0 amide bonds. The van der Waals surface area contributed by atoms with Crippen molar-refractivity contribution < 1.29 is 9.53 Å². The van der Waals surface area contributed by atoms with Gasteiger partial charge in [0, 0.05) is 6.20 Å². The maximum absolute atomic E-state index is 11.3. The summed E-state index contributed by atoms with van der Waals surface area (Å²) in [6, 6.07) is 5.19. The molecule has 1 rings (SSSR count). The van der Waals surface area contributed by atoms with E-state index in [1.165, 1.54) is 0 Å². The van der Waals surface area contributed by atoms with Gasteiger partial charge in [-0.2, -0.15) is 0 Å². The topological polar surface area (TPSA) is 39.2 Å². The van der Waals surface area contributed by atoms with Gasteiger partial charge < -0.3 is 4.74 Å². The SMILES string of the molecule is CC(C)CCOC(=O)c1ccccn1. The largest absolute Gasteiger partial charge is 0.461 e. The molecule has 0 radical (unpaired) electrons. The molecule has 0 saturated carbocycles. The van der Waals surface area contributed by atoms with Crippen molar-refractivity contribution in [2.45, 2.75) is 20.3 Å². The summed E-state index contributed by atoms with van der Waals surface area (Å²) in [5, 5.41) is 0. The maximum Gasteiger partial charge on any atom is 0.356 e. The van der Waals surface area contributed by atoms with Crippen LogP contribution in [0.15, 0.2) is 24.4 Å². The number of pyridine rings is 1. The van der Waals surface area contributed by atoms with Crippen LogP contribution in [0.25, 0.3) is 0 Å². The van der Waals surface area contributed by atoms with Crippen LogP contribution in [-0.4, -0.2) is 17.6 Å². The fourth-order valence-corrected chi connectivity index (χ4v) is 0.945. The normalized spacial score (nSPS) is 10.2. The van der Waals surface area contributed by atoms with Gasteiger partial charge >= 0.3 is 5.97 Å². The summed E-state index contributed by atoms with van der Waals surface area (Å²) in [5.41, 5.74) is 0.372. The first-order valence-electron chi connectivity index (χ1n) is 4.78. The third-order valence-corrected chi connectivity index (χ3v) is 1.80. The van der Waals surface area contributed by atoms with Crippen molar-refractivity contribution in [2.75, 3.05) is 6.61 Å². The number of hydrogen-bond donors (Lipinski definition) is 0. The number of carbonyl (C=O) groups is 1. The van der Waals surface area contributed by atoms with Crippen LogP contribution in [-0.2, 0) is 4.74 Å². The molecule has 0 bridgehead atoms. The molecular weight excluding hydrogens is 178 g/mol. The van der Waals surface area contributed by atoms with Gasteiger partial charge in [-0.25, -0.2) is 9.78 Å². The zero-order valence-corrected chi connectivity index (χ0v) is 8.56. The molecule has 0 N–H and O–H groups in total. The molecule has 3 heteroatoms. The predicted octanol–water partition coefficient (Wildman–Crippen LogP) is 2.28. The van der Waals surface area contributed by atoms with Gasteiger partial charge in [-0.05, 0) is 24.5 Å². The van der Waals surface area contributed by atoms with Crippen LogP contribution >= 0.6 is 0 Å². The molecule has 0 unspecified atom stereocenters. The number of hydrogen-bond acceptors (Lipinski definition) is 3. The Morgan fingerprint density at radius 1 is 1.50 bits per heavy atom. The Labute approximate surface area is 84.1 Å². The Kier molecular flexibility index (Phi) is 4.11. The van der Waals surface area contributed by atoms with Gasteiger partial charge in [-0.15, -0.1) is 0 Å². The van der Waals surface area contributed by atoms with Gasteiger partial charge in [0.15, 0.2) is 0 Å². The lowest BCUT2D eigenvalue weighted by atomic mass is 10.1. The van der Waals surface area contributed by atoms with E-state index in [-0.39, 0.29) is 5.97 Å². The first-order valence-corrected chi connectivity index (χ1v) is 4.78. The first-order chi connectivity index (χ1) is 6.70. The van der Waals surface area contributed by atoms with E-state index in [1.54, 1.807) is 24.4 Å². The third kappa shape index (κ3) is 3.56. The van der Waals surface area contributed by atoms with E-state index in [0.29, 0.717) is 18.2 Å². The molecule has 0 aliphatic rings. The number of carbonyl (C=O) groups excluding carboxylic acids is 1. The van der Waals surface area contributed by atoms with Gasteiger partial charge in [0.2, 0.25) is 0 Å². The van der Waals surface area contributed by atoms with Crippen LogP contribution in [0.2, 0.25) is 0 Å². The van der Waals surface area contributed by atoms with Crippen LogP contribution < -0.4 is 0 Å². The van der Waals surface area contributed by atoms with Crippen molar-refractivity contribution in [2.24, 2.45) is 5.92 Å². The second-order valence-electron chi connectivity index (χ2n) is 3.53. The molecule has 3 nitrogen and oxygen atoms in total. The van der Waals surface area contributed by atoms with Gasteiger partial charge in [-0.3, -0.25) is 0 Å². The molecule has 76 valence electrons. The average molecular weight is 193 g/mol. The molecule has 0 aliphatic carbocycles. The van der Waals surface area contributed by atoms with Crippen molar-refractivity contribution in [3.8, 4) is 0 Å². The second-order valence-corrected chi connectivity index (χ2v) is 3.53. The fourth-order valence-electron chi connectivity index (χ4n) is 0.945. The summed E-state index contributed by atoms with van der Waals surface area (Å²) in [6.07, 6.45) is 2.47. The minimum atomic E-state index is -0.341. The average Bonchev–Trinajstić information content (AvgIpc) is 2.18. The van der Waals surface area contributed by atoms with E-state index in [1.807, 2.05) is 0 Å². The van der Waals surface area contributed by atoms with E-state index in [4.69, 9.17) is 4.74 Å². The highest BCUT2D eigenvalue weighted by molar-refractivity contribution is 5.87. The number of ether oxygens (including phenoxy) is 1. The Balaban J connectivity index is 2.36. The summed E-state index contributed by atoms with van der Waals surface area (Å²) in [4.78, 5) is 15.2. The minimum Gasteiger partial charge on any atom is -0.461 e. The maximum atomic E-state index is 11.3. The van der Waals surface area contributed by atoms with Crippen molar-refractivity contribution in [1.82, 2.24) is 4.98 Å². The van der Waals surface area contributed by atoms with Crippen LogP contribution in [0.4, 0.5) is 0 Å². The quantitative estimate of drug-likeness (QED) is 0.689. The van der Waals surface area contributed by atoms with Gasteiger partial charge in [0.1, 0.15) is 5.69 Å². The lowest BCUT2D eigenvalue weighted by Gasteiger charge is -2.05. The van der Waals surface area contributed by atoms with Gasteiger partial charge in [0.25, 0.3) is 0 Å². The Hall–Kier alpha value is -1.38. The highest BCUT2D eigenvalue weighted by atomic mass is 16.5. The third-order valence-electron chi connectivity index (χ3n) is 1.80. The molecule has 14 heavy (non-hydrogen) atoms. The fraction of sp³-hybridized carbons (Fsp3) is 0.455. The molecule has 0 atom stereocenters. The zero-order valence-electron chi connectivity index (χ0n) is 8.56. The monoisotopic (exact) mass is 193 g/mol. The number of aromatic nitrogens is 1. The zero-order chi connectivity index (χ0) is 10.4. The molecule has 0 aromatic carbocycles. The standard InChI is InChI=1S/C11H15NO2/c1-9(2)6-8-14-11(13)10-5-3-4-7-12-10/h3-5,7,9H,6,8H2,1-2H3. The van der Waals surface area contributed by atoms with Gasteiger partial charge in [0.05, 0.1) is 6.61 Å². The Morgan fingerprint density at radius 3 is 2.86 bits per heavy atom. The summed E-state index contributed by atoms with van der Waals surface area (Å²) >= 11 is 0. The van der Waals surface area contributed by atoms with Crippen LogP contribution in [0.1, 0.15) is 30.8 Å². The molecule has 1 heterocycles. The summed E-state index contributed by atoms with van der Waals surface area (Å²) < 4.78 is 5.04. The lowest BCUT2D eigenvalue weighted by Crippen LogP contribution is -2.09. The summed E-state index contributed by atoms with van der Waals surface area (Å²) in [6.45, 7) is 4.65.